The van der Waals surface area contributed by atoms with Gasteiger partial charge in [-0.05, 0) is 17.7 Å². The summed E-state index contributed by atoms with van der Waals surface area (Å²) in [5.41, 5.74) is 6.51. The summed E-state index contributed by atoms with van der Waals surface area (Å²) in [6, 6.07) is 6.86. The van der Waals surface area contributed by atoms with Gasteiger partial charge in [-0.2, -0.15) is 0 Å². The van der Waals surface area contributed by atoms with Crippen molar-refractivity contribution in [2.45, 2.75) is 6.61 Å². The van der Waals surface area contributed by atoms with Crippen molar-refractivity contribution in [3.8, 4) is 0 Å². The predicted molar refractivity (Wildman–Crippen MR) is 51.7 cm³/mol. The van der Waals surface area contributed by atoms with Crippen LogP contribution in [0, 0.1) is 0 Å². The Hall–Kier alpha value is -1.39. The van der Waals surface area contributed by atoms with E-state index in [4.69, 9.17) is 15.6 Å². The molecule has 0 aromatic heterocycles. The van der Waals surface area contributed by atoms with Crippen LogP contribution in [0.25, 0.3) is 0 Å². The van der Waals surface area contributed by atoms with Crippen molar-refractivity contribution in [3.05, 3.63) is 35.4 Å². The molecule has 76 valence electrons. The topological polar surface area (TPSA) is 72.6 Å². The molecule has 4 heteroatoms. The molecule has 4 nitrogen and oxygen atoms in total. The van der Waals surface area contributed by atoms with Crippen molar-refractivity contribution in [2.75, 3.05) is 13.2 Å². The number of benzene rings is 1. The fraction of sp³-hybridized carbons (Fsp3) is 0.300. The van der Waals surface area contributed by atoms with Gasteiger partial charge >= 0.3 is 0 Å². The molecule has 0 aliphatic heterocycles. The second-order valence-electron chi connectivity index (χ2n) is 2.84. The molecule has 1 aromatic rings. The van der Waals surface area contributed by atoms with E-state index in [0.29, 0.717) is 18.8 Å². The van der Waals surface area contributed by atoms with E-state index in [1.54, 1.807) is 24.3 Å². The van der Waals surface area contributed by atoms with Gasteiger partial charge in [0.05, 0.1) is 19.8 Å². The average molecular weight is 195 g/mol. The molecule has 3 N–H and O–H groups in total. The standard InChI is InChI=1S/C10H13NO3/c11-10(13)9-3-1-8(2-4-9)7-14-6-5-12/h1-4,12H,5-7H2,(H2,11,13). The molecule has 1 rings (SSSR count). The highest BCUT2D eigenvalue weighted by Crippen LogP contribution is 2.04. The number of hydrogen-bond donors (Lipinski definition) is 2. The van der Waals surface area contributed by atoms with E-state index in [9.17, 15) is 4.79 Å². The first-order valence-corrected chi connectivity index (χ1v) is 4.31. The van der Waals surface area contributed by atoms with Crippen molar-refractivity contribution in [1.29, 1.82) is 0 Å². The lowest BCUT2D eigenvalue weighted by molar-refractivity contribution is 0.0815. The molecule has 0 bridgehead atoms. The van der Waals surface area contributed by atoms with Crippen molar-refractivity contribution in [3.63, 3.8) is 0 Å². The Bertz CT molecular complexity index is 295. The van der Waals surface area contributed by atoms with Gasteiger partial charge < -0.3 is 15.6 Å². The fourth-order valence-corrected chi connectivity index (χ4v) is 1.02. The van der Waals surface area contributed by atoms with Crippen molar-refractivity contribution in [2.24, 2.45) is 5.73 Å². The maximum atomic E-state index is 10.7. The SMILES string of the molecule is NC(=O)c1ccc(COCCO)cc1. The molecule has 0 unspecified atom stereocenters. The van der Waals surface area contributed by atoms with Gasteiger partial charge in [-0.25, -0.2) is 0 Å². The molecular weight excluding hydrogens is 182 g/mol. The monoisotopic (exact) mass is 195 g/mol. The molecule has 14 heavy (non-hydrogen) atoms. The second kappa shape index (κ2) is 5.36. The maximum Gasteiger partial charge on any atom is 0.248 e. The smallest absolute Gasteiger partial charge is 0.248 e. The summed E-state index contributed by atoms with van der Waals surface area (Å²) in [6.45, 7) is 0.760. The largest absolute Gasteiger partial charge is 0.394 e. The molecule has 1 aromatic carbocycles. The first-order valence-electron chi connectivity index (χ1n) is 4.31. The molecule has 1 amide bonds. The zero-order chi connectivity index (χ0) is 10.4. The Kier molecular flexibility index (Phi) is 4.10. The predicted octanol–water partition coefficient (Wildman–Crippen LogP) is 0.294. The number of rotatable bonds is 5. The summed E-state index contributed by atoms with van der Waals surface area (Å²) < 4.78 is 5.10. The Morgan fingerprint density at radius 2 is 2.00 bits per heavy atom. The van der Waals surface area contributed by atoms with Crippen LogP contribution in [-0.4, -0.2) is 24.2 Å². The maximum absolute atomic E-state index is 10.7. The minimum atomic E-state index is -0.437. The molecule has 0 spiro atoms. The molecule has 0 saturated carbocycles. The number of primary amides is 1. The highest BCUT2D eigenvalue weighted by molar-refractivity contribution is 5.92. The summed E-state index contributed by atoms with van der Waals surface area (Å²) >= 11 is 0. The van der Waals surface area contributed by atoms with Gasteiger partial charge in [0.15, 0.2) is 0 Å². The van der Waals surface area contributed by atoms with E-state index in [2.05, 4.69) is 0 Å². The lowest BCUT2D eigenvalue weighted by atomic mass is 10.1. The van der Waals surface area contributed by atoms with Crippen LogP contribution in [0.1, 0.15) is 15.9 Å². The zero-order valence-corrected chi connectivity index (χ0v) is 7.77. The molecule has 0 aliphatic rings. The summed E-state index contributed by atoms with van der Waals surface area (Å²) in [5.74, 6) is -0.437. The third kappa shape index (κ3) is 3.16. The van der Waals surface area contributed by atoms with E-state index in [-0.39, 0.29) is 6.61 Å². The average Bonchev–Trinajstić information content (AvgIpc) is 2.19. The minimum absolute atomic E-state index is 0.0133. The number of aliphatic hydroxyl groups excluding tert-OH is 1. The third-order valence-electron chi connectivity index (χ3n) is 1.74. The third-order valence-corrected chi connectivity index (χ3v) is 1.74. The van der Waals surface area contributed by atoms with Gasteiger partial charge in [0.2, 0.25) is 5.91 Å². The quantitative estimate of drug-likeness (QED) is 0.663. The number of ether oxygens (including phenoxy) is 1. The summed E-state index contributed by atoms with van der Waals surface area (Å²) in [6.07, 6.45) is 0. The van der Waals surface area contributed by atoms with E-state index in [0.717, 1.165) is 5.56 Å². The fourth-order valence-electron chi connectivity index (χ4n) is 1.02. The van der Waals surface area contributed by atoms with Crippen LogP contribution in [-0.2, 0) is 11.3 Å². The van der Waals surface area contributed by atoms with Crippen molar-refractivity contribution < 1.29 is 14.6 Å². The molecule has 0 atom stereocenters. The Balaban J connectivity index is 2.51. The number of nitrogens with two attached hydrogens (primary N) is 1. The van der Waals surface area contributed by atoms with Crippen LogP contribution in [0.15, 0.2) is 24.3 Å². The normalized spacial score (nSPS) is 10.1. The number of carbonyl (C=O) groups excluding carboxylic acids is 1. The van der Waals surface area contributed by atoms with Crippen LogP contribution in [0.2, 0.25) is 0 Å². The van der Waals surface area contributed by atoms with E-state index >= 15 is 0 Å². The molecule has 0 heterocycles. The molecule has 0 aliphatic carbocycles. The summed E-state index contributed by atoms with van der Waals surface area (Å²) in [7, 11) is 0. The first kappa shape index (κ1) is 10.7. The van der Waals surface area contributed by atoms with Crippen LogP contribution in [0.3, 0.4) is 0 Å². The molecule has 0 fully saturated rings. The Morgan fingerprint density at radius 3 is 2.50 bits per heavy atom. The molecular formula is C10H13NO3. The van der Waals surface area contributed by atoms with Crippen molar-refractivity contribution >= 4 is 5.91 Å². The van der Waals surface area contributed by atoms with Crippen LogP contribution < -0.4 is 5.73 Å². The van der Waals surface area contributed by atoms with Gasteiger partial charge in [-0.15, -0.1) is 0 Å². The highest BCUT2D eigenvalue weighted by atomic mass is 16.5. The van der Waals surface area contributed by atoms with E-state index in [1.807, 2.05) is 0 Å². The van der Waals surface area contributed by atoms with Gasteiger partial charge in [0.1, 0.15) is 0 Å². The van der Waals surface area contributed by atoms with Crippen LogP contribution >= 0.6 is 0 Å². The van der Waals surface area contributed by atoms with E-state index in [1.165, 1.54) is 0 Å². The first-order chi connectivity index (χ1) is 6.74. The lowest BCUT2D eigenvalue weighted by Gasteiger charge is -2.02. The van der Waals surface area contributed by atoms with Gasteiger partial charge in [0.25, 0.3) is 0 Å². The number of amides is 1. The second-order valence-corrected chi connectivity index (χ2v) is 2.84. The number of carbonyl (C=O) groups is 1. The summed E-state index contributed by atoms with van der Waals surface area (Å²) in [4.78, 5) is 10.7. The lowest BCUT2D eigenvalue weighted by Crippen LogP contribution is -2.10. The van der Waals surface area contributed by atoms with Gasteiger partial charge in [-0.1, -0.05) is 12.1 Å². The zero-order valence-electron chi connectivity index (χ0n) is 7.77. The highest BCUT2D eigenvalue weighted by Gasteiger charge is 1.99. The summed E-state index contributed by atoms with van der Waals surface area (Å²) in [5, 5.41) is 8.47. The Labute approximate surface area is 82.3 Å². The van der Waals surface area contributed by atoms with E-state index < -0.39 is 5.91 Å². The van der Waals surface area contributed by atoms with Crippen molar-refractivity contribution in [1.82, 2.24) is 0 Å². The van der Waals surface area contributed by atoms with Crippen LogP contribution in [0.5, 0.6) is 0 Å². The minimum Gasteiger partial charge on any atom is -0.394 e. The van der Waals surface area contributed by atoms with Gasteiger partial charge in [0, 0.05) is 5.56 Å². The molecule has 0 radical (unpaired) electrons. The molecule has 0 saturated heterocycles. The Morgan fingerprint density at radius 1 is 1.36 bits per heavy atom. The number of aliphatic hydroxyl groups is 1. The van der Waals surface area contributed by atoms with Gasteiger partial charge in [-0.3, -0.25) is 4.79 Å². The number of hydrogen-bond acceptors (Lipinski definition) is 3. The van der Waals surface area contributed by atoms with Crippen LogP contribution in [0.4, 0.5) is 0 Å².